The highest BCUT2D eigenvalue weighted by Crippen LogP contribution is 2.30. The molecule has 0 unspecified atom stereocenters. The maximum Gasteiger partial charge on any atom is 0.279 e. The minimum atomic E-state index is -3.53. The minimum Gasteiger partial charge on any atom is -0.376 e. The van der Waals surface area contributed by atoms with Crippen LogP contribution in [0.15, 0.2) is 23.1 Å². The first-order valence-corrected chi connectivity index (χ1v) is 11.8. The van der Waals surface area contributed by atoms with Crippen molar-refractivity contribution >= 4 is 27.3 Å². The van der Waals surface area contributed by atoms with Crippen LogP contribution in [0.5, 0.6) is 0 Å². The van der Waals surface area contributed by atoms with Crippen LogP contribution in [0.4, 0.5) is 11.4 Å². The highest BCUT2D eigenvalue weighted by molar-refractivity contribution is 7.89. The molecule has 2 fully saturated rings. The van der Waals surface area contributed by atoms with Gasteiger partial charge in [-0.05, 0) is 50.3 Å². The number of carbonyl (C=O) groups excluding carboxylic acids is 1. The molecule has 0 aliphatic carbocycles. The zero-order valence-electron chi connectivity index (χ0n) is 17.0. The number of hydrogen-bond donors (Lipinski definition) is 2. The molecule has 1 aromatic carbocycles. The highest BCUT2D eigenvalue weighted by Gasteiger charge is 2.27. The number of nitrogens with zero attached hydrogens (tertiary/aromatic N) is 2. The van der Waals surface area contributed by atoms with Crippen LogP contribution in [-0.2, 0) is 14.8 Å². The summed E-state index contributed by atoms with van der Waals surface area (Å²) in [6, 6.07) is 5.04. The van der Waals surface area contributed by atoms with E-state index in [4.69, 9.17) is 0 Å². The van der Waals surface area contributed by atoms with Crippen LogP contribution in [0.3, 0.4) is 0 Å². The molecule has 0 spiro atoms. The van der Waals surface area contributed by atoms with E-state index in [2.05, 4.69) is 5.32 Å². The summed E-state index contributed by atoms with van der Waals surface area (Å²) in [7, 11) is 0.245. The second kappa shape index (κ2) is 9.24. The van der Waals surface area contributed by atoms with Crippen molar-refractivity contribution in [3.8, 4) is 0 Å². The normalized spacial score (nSPS) is 19.4. The van der Waals surface area contributed by atoms with E-state index in [1.807, 2.05) is 19.0 Å². The number of amides is 1. The molecule has 2 saturated heterocycles. The Morgan fingerprint density at radius 2 is 1.71 bits per heavy atom. The van der Waals surface area contributed by atoms with Crippen LogP contribution >= 0.6 is 0 Å². The van der Waals surface area contributed by atoms with Crippen LogP contribution in [0, 0.1) is 0 Å². The minimum absolute atomic E-state index is 0.0625. The predicted molar refractivity (Wildman–Crippen MR) is 111 cm³/mol. The molecule has 8 heteroatoms. The molecule has 2 aliphatic rings. The quantitative estimate of drug-likeness (QED) is 0.733. The number of rotatable bonds is 6. The molecule has 0 saturated carbocycles. The number of likely N-dealkylation sites (tertiary alicyclic amines) is 1. The van der Waals surface area contributed by atoms with Gasteiger partial charge in [0.2, 0.25) is 10.0 Å². The fourth-order valence-electron chi connectivity index (χ4n) is 4.07. The van der Waals surface area contributed by atoms with Crippen molar-refractivity contribution in [1.29, 1.82) is 0 Å². The molecule has 0 atom stereocenters. The Kier molecular flexibility index (Phi) is 6.95. The first-order chi connectivity index (χ1) is 13.4. The van der Waals surface area contributed by atoms with Crippen molar-refractivity contribution in [2.45, 2.75) is 43.4 Å². The second-order valence-electron chi connectivity index (χ2n) is 8.07. The number of benzene rings is 1. The molecule has 2 N–H and O–H groups in total. The van der Waals surface area contributed by atoms with Gasteiger partial charge in [-0.3, -0.25) is 4.79 Å². The third-order valence-corrected chi connectivity index (χ3v) is 7.54. The van der Waals surface area contributed by atoms with Crippen molar-refractivity contribution in [2.75, 3.05) is 57.0 Å². The van der Waals surface area contributed by atoms with E-state index in [0.29, 0.717) is 25.3 Å². The first-order valence-electron chi connectivity index (χ1n) is 10.3. The number of piperidine rings is 2. The van der Waals surface area contributed by atoms with E-state index >= 15 is 0 Å². The Morgan fingerprint density at radius 3 is 2.36 bits per heavy atom. The van der Waals surface area contributed by atoms with Crippen LogP contribution < -0.4 is 15.1 Å². The van der Waals surface area contributed by atoms with Gasteiger partial charge in [0, 0.05) is 27.2 Å². The average Bonchev–Trinajstić information content (AvgIpc) is 2.69. The monoisotopic (exact) mass is 409 g/mol. The van der Waals surface area contributed by atoms with Gasteiger partial charge in [0.05, 0.1) is 29.4 Å². The molecule has 28 heavy (non-hydrogen) atoms. The first kappa shape index (κ1) is 21.1. The molecule has 156 valence electrons. The molecule has 1 aromatic rings. The summed E-state index contributed by atoms with van der Waals surface area (Å²) in [5, 5.41) is 2.97. The summed E-state index contributed by atoms with van der Waals surface area (Å²) in [6.07, 6.45) is 6.44. The van der Waals surface area contributed by atoms with Crippen LogP contribution in [0.2, 0.25) is 0 Å². The number of carbonyl (C=O) groups is 1. The summed E-state index contributed by atoms with van der Waals surface area (Å²) in [6.45, 7) is 3.61. The van der Waals surface area contributed by atoms with Crippen LogP contribution in [0.1, 0.15) is 38.5 Å². The zero-order chi connectivity index (χ0) is 20.1. The predicted octanol–water partition coefficient (Wildman–Crippen LogP) is 0.935. The summed E-state index contributed by atoms with van der Waals surface area (Å²) in [5.74, 6) is -0.0625. The Balaban J connectivity index is 1.80. The summed E-state index contributed by atoms with van der Waals surface area (Å²) in [4.78, 5) is 16.0. The van der Waals surface area contributed by atoms with E-state index in [-0.39, 0.29) is 10.8 Å². The standard InChI is InChI=1S/C20H32N4O3S/c1-22(2)19-10-9-17(28(26,27)24-13-7-4-8-14-24)15-18(19)21-20(25)16-23-11-5-3-6-12-23/h9-10,15H,3-8,11-14,16H2,1-2H3,(H,21,25)/p+1. The zero-order valence-corrected chi connectivity index (χ0v) is 17.9. The number of nitrogens with one attached hydrogen (secondary N) is 2. The van der Waals surface area contributed by atoms with E-state index in [9.17, 15) is 13.2 Å². The van der Waals surface area contributed by atoms with E-state index in [1.165, 1.54) is 11.3 Å². The number of hydrogen-bond acceptors (Lipinski definition) is 4. The summed E-state index contributed by atoms with van der Waals surface area (Å²) < 4.78 is 27.6. The Bertz CT molecular complexity index is 783. The Morgan fingerprint density at radius 1 is 1.07 bits per heavy atom. The van der Waals surface area contributed by atoms with Gasteiger partial charge < -0.3 is 15.1 Å². The van der Waals surface area contributed by atoms with Crippen molar-refractivity contribution in [1.82, 2.24) is 4.31 Å². The van der Waals surface area contributed by atoms with Crippen molar-refractivity contribution in [3.05, 3.63) is 18.2 Å². The lowest BCUT2D eigenvalue weighted by Gasteiger charge is -2.27. The molecule has 0 aromatic heterocycles. The molecule has 3 rings (SSSR count). The van der Waals surface area contributed by atoms with Crippen molar-refractivity contribution < 1.29 is 18.1 Å². The van der Waals surface area contributed by atoms with Crippen molar-refractivity contribution in [3.63, 3.8) is 0 Å². The lowest BCUT2D eigenvalue weighted by molar-refractivity contribution is -0.896. The van der Waals surface area contributed by atoms with Gasteiger partial charge in [-0.25, -0.2) is 8.42 Å². The molecular formula is C20H33N4O3S+. The smallest absolute Gasteiger partial charge is 0.279 e. The maximum atomic E-state index is 13.0. The lowest BCUT2D eigenvalue weighted by atomic mass is 10.1. The molecule has 0 bridgehead atoms. The Hall–Kier alpha value is -1.64. The lowest BCUT2D eigenvalue weighted by Crippen LogP contribution is -3.13. The average molecular weight is 410 g/mol. The fourth-order valence-corrected chi connectivity index (χ4v) is 5.61. The third kappa shape index (κ3) is 5.04. The highest BCUT2D eigenvalue weighted by atomic mass is 32.2. The summed E-state index contributed by atoms with van der Waals surface area (Å²) >= 11 is 0. The van der Waals surface area contributed by atoms with Crippen LogP contribution in [-0.4, -0.2) is 65.4 Å². The Labute approximate surface area is 168 Å². The third-order valence-electron chi connectivity index (χ3n) is 5.65. The van der Waals surface area contributed by atoms with E-state index in [1.54, 1.807) is 22.5 Å². The fraction of sp³-hybridized carbons (Fsp3) is 0.650. The molecule has 1 amide bonds. The topological polar surface area (TPSA) is 74.2 Å². The van der Waals surface area contributed by atoms with Gasteiger partial charge in [-0.15, -0.1) is 0 Å². The number of quaternary nitrogens is 1. The van der Waals surface area contributed by atoms with Gasteiger partial charge in [-0.2, -0.15) is 4.31 Å². The molecule has 2 aliphatic heterocycles. The molecule has 7 nitrogen and oxygen atoms in total. The van der Waals surface area contributed by atoms with Gasteiger partial charge in [0.15, 0.2) is 6.54 Å². The van der Waals surface area contributed by atoms with E-state index < -0.39 is 10.0 Å². The number of sulfonamides is 1. The molecule has 2 heterocycles. The van der Waals surface area contributed by atoms with E-state index in [0.717, 1.165) is 50.9 Å². The number of anilines is 2. The van der Waals surface area contributed by atoms with Gasteiger partial charge in [0.1, 0.15) is 0 Å². The molecular weight excluding hydrogens is 376 g/mol. The summed E-state index contributed by atoms with van der Waals surface area (Å²) in [5.41, 5.74) is 1.36. The largest absolute Gasteiger partial charge is 0.376 e. The molecule has 0 radical (unpaired) electrons. The maximum absolute atomic E-state index is 13.0. The van der Waals surface area contributed by atoms with Gasteiger partial charge in [0.25, 0.3) is 5.91 Å². The SMILES string of the molecule is CN(C)c1ccc(S(=O)(=O)N2CCCCC2)cc1NC(=O)C[NH+]1CCCCC1. The van der Waals surface area contributed by atoms with Gasteiger partial charge in [-0.1, -0.05) is 6.42 Å². The van der Waals surface area contributed by atoms with Crippen LogP contribution in [0.25, 0.3) is 0 Å². The van der Waals surface area contributed by atoms with Crippen molar-refractivity contribution in [2.24, 2.45) is 0 Å². The van der Waals surface area contributed by atoms with Gasteiger partial charge >= 0.3 is 0 Å². The second-order valence-corrected chi connectivity index (χ2v) is 10.0.